The zero-order valence-electron chi connectivity index (χ0n) is 9.68. The molecule has 0 spiro atoms. The minimum atomic E-state index is 0.549. The Kier molecular flexibility index (Phi) is 3.05. The van der Waals surface area contributed by atoms with Gasteiger partial charge in [-0.25, -0.2) is 4.98 Å². The van der Waals surface area contributed by atoms with Crippen LogP contribution >= 0.6 is 22.6 Å². The van der Waals surface area contributed by atoms with E-state index in [4.69, 9.17) is 5.73 Å². The zero-order chi connectivity index (χ0) is 12.5. The molecule has 3 nitrogen and oxygen atoms in total. The van der Waals surface area contributed by atoms with Gasteiger partial charge in [0.25, 0.3) is 0 Å². The molecule has 18 heavy (non-hydrogen) atoms. The van der Waals surface area contributed by atoms with Gasteiger partial charge in [0.15, 0.2) is 0 Å². The number of aromatic nitrogens is 2. The molecule has 0 bridgehead atoms. The highest BCUT2D eigenvalue weighted by molar-refractivity contribution is 14.1. The fourth-order valence-electron chi connectivity index (χ4n) is 1.92. The molecule has 0 fully saturated rings. The second-order valence-corrected chi connectivity index (χ2v) is 5.39. The molecule has 0 saturated heterocycles. The third-order valence-corrected chi connectivity index (χ3v) is 3.61. The molecule has 2 N–H and O–H groups in total. The van der Waals surface area contributed by atoms with Crippen LogP contribution < -0.4 is 5.73 Å². The summed E-state index contributed by atoms with van der Waals surface area (Å²) in [5.41, 5.74) is 9.81. The summed E-state index contributed by atoms with van der Waals surface area (Å²) in [6, 6.07) is 12.4. The van der Waals surface area contributed by atoms with Crippen molar-refractivity contribution in [1.82, 2.24) is 9.38 Å². The first-order chi connectivity index (χ1) is 8.76. The van der Waals surface area contributed by atoms with Gasteiger partial charge in [0.1, 0.15) is 5.65 Å². The van der Waals surface area contributed by atoms with Gasteiger partial charge >= 0.3 is 0 Å². The van der Waals surface area contributed by atoms with E-state index in [1.54, 1.807) is 0 Å². The van der Waals surface area contributed by atoms with Gasteiger partial charge in [0.05, 0.1) is 5.69 Å². The van der Waals surface area contributed by atoms with E-state index < -0.39 is 0 Å². The number of nitrogens with two attached hydrogens (primary N) is 1. The lowest BCUT2D eigenvalue weighted by Crippen LogP contribution is -1.97. The lowest BCUT2D eigenvalue weighted by Gasteiger charge is -1.96. The van der Waals surface area contributed by atoms with Crippen LogP contribution in [0.15, 0.2) is 48.8 Å². The standard InChI is InChI=1S/C14H12IN3/c15-12-4-2-11(3-5-12)13-9-18-8-10(7-16)1-6-14(18)17-13/h1-6,8-9H,7,16H2. The molecular weight excluding hydrogens is 337 g/mol. The van der Waals surface area contributed by atoms with Crippen molar-refractivity contribution < 1.29 is 0 Å². The van der Waals surface area contributed by atoms with Crippen molar-refractivity contribution in [1.29, 1.82) is 0 Å². The molecule has 0 aliphatic heterocycles. The predicted octanol–water partition coefficient (Wildman–Crippen LogP) is 3.06. The lowest BCUT2D eigenvalue weighted by molar-refractivity contribution is 1.03. The van der Waals surface area contributed by atoms with Crippen molar-refractivity contribution in [2.75, 3.05) is 0 Å². The molecule has 2 aromatic heterocycles. The van der Waals surface area contributed by atoms with Crippen molar-refractivity contribution in [3.05, 3.63) is 57.9 Å². The normalized spacial score (nSPS) is 11.0. The molecule has 0 radical (unpaired) electrons. The summed E-state index contributed by atoms with van der Waals surface area (Å²) in [5, 5.41) is 0. The van der Waals surface area contributed by atoms with E-state index in [-0.39, 0.29) is 0 Å². The number of halogens is 1. The van der Waals surface area contributed by atoms with Crippen molar-refractivity contribution in [3.63, 3.8) is 0 Å². The highest BCUT2D eigenvalue weighted by atomic mass is 127. The summed E-state index contributed by atoms with van der Waals surface area (Å²) in [6.45, 7) is 0.549. The van der Waals surface area contributed by atoms with E-state index in [0.717, 1.165) is 22.5 Å². The molecule has 3 rings (SSSR count). The molecule has 3 aromatic rings. The maximum Gasteiger partial charge on any atom is 0.137 e. The highest BCUT2D eigenvalue weighted by Gasteiger charge is 2.04. The highest BCUT2D eigenvalue weighted by Crippen LogP contribution is 2.20. The molecule has 0 aliphatic rings. The van der Waals surface area contributed by atoms with Crippen LogP contribution in [-0.2, 0) is 6.54 Å². The van der Waals surface area contributed by atoms with Crippen LogP contribution in [0, 0.1) is 3.57 Å². The van der Waals surface area contributed by atoms with Crippen LogP contribution in [0.2, 0.25) is 0 Å². The van der Waals surface area contributed by atoms with Gasteiger partial charge in [-0.15, -0.1) is 0 Å². The minimum Gasteiger partial charge on any atom is -0.326 e. The largest absolute Gasteiger partial charge is 0.326 e. The lowest BCUT2D eigenvalue weighted by atomic mass is 10.2. The summed E-state index contributed by atoms with van der Waals surface area (Å²) in [7, 11) is 0. The number of rotatable bonds is 2. The van der Waals surface area contributed by atoms with E-state index in [2.05, 4.69) is 51.8 Å². The van der Waals surface area contributed by atoms with Crippen molar-refractivity contribution in [2.24, 2.45) is 5.73 Å². The summed E-state index contributed by atoms with van der Waals surface area (Å²) in [4.78, 5) is 4.61. The van der Waals surface area contributed by atoms with Crippen molar-refractivity contribution >= 4 is 28.2 Å². The van der Waals surface area contributed by atoms with Crippen LogP contribution in [0.5, 0.6) is 0 Å². The third-order valence-electron chi connectivity index (χ3n) is 2.89. The molecule has 2 heterocycles. The SMILES string of the molecule is NCc1ccc2nc(-c3ccc(I)cc3)cn2c1. The van der Waals surface area contributed by atoms with Crippen LogP contribution in [0.3, 0.4) is 0 Å². The van der Waals surface area contributed by atoms with E-state index >= 15 is 0 Å². The number of fused-ring (bicyclic) bond motifs is 1. The van der Waals surface area contributed by atoms with Gasteiger partial charge in [-0.3, -0.25) is 0 Å². The number of imidazole rings is 1. The zero-order valence-corrected chi connectivity index (χ0v) is 11.8. The average molecular weight is 349 g/mol. The van der Waals surface area contributed by atoms with Crippen LogP contribution in [0.1, 0.15) is 5.56 Å². The van der Waals surface area contributed by atoms with Gasteiger partial charge in [0.2, 0.25) is 0 Å². The molecule has 90 valence electrons. The molecule has 0 atom stereocenters. The summed E-state index contributed by atoms with van der Waals surface area (Å²) in [6.07, 6.45) is 4.06. The smallest absolute Gasteiger partial charge is 0.137 e. The van der Waals surface area contributed by atoms with Crippen LogP contribution in [-0.4, -0.2) is 9.38 Å². The van der Waals surface area contributed by atoms with Crippen LogP contribution in [0.25, 0.3) is 16.9 Å². The molecular formula is C14H12IN3. The second-order valence-electron chi connectivity index (χ2n) is 4.14. The molecule has 1 aromatic carbocycles. The Bertz CT molecular complexity index is 686. The van der Waals surface area contributed by atoms with E-state index in [9.17, 15) is 0 Å². The van der Waals surface area contributed by atoms with Gasteiger partial charge in [-0.2, -0.15) is 0 Å². The number of pyridine rings is 1. The average Bonchev–Trinajstić information content (AvgIpc) is 2.82. The Morgan fingerprint density at radius 1 is 1.06 bits per heavy atom. The molecule has 0 amide bonds. The maximum atomic E-state index is 5.64. The Hall–Kier alpha value is -1.40. The van der Waals surface area contributed by atoms with Gasteiger partial charge in [-0.05, 0) is 46.4 Å². The summed E-state index contributed by atoms with van der Waals surface area (Å²) < 4.78 is 3.25. The maximum absolute atomic E-state index is 5.64. The topological polar surface area (TPSA) is 43.3 Å². The quantitative estimate of drug-likeness (QED) is 0.723. The van der Waals surface area contributed by atoms with Crippen molar-refractivity contribution in [3.8, 4) is 11.3 Å². The number of benzene rings is 1. The Morgan fingerprint density at radius 3 is 2.56 bits per heavy atom. The van der Waals surface area contributed by atoms with Gasteiger partial charge < -0.3 is 10.1 Å². The summed E-state index contributed by atoms with van der Waals surface area (Å²) in [5.74, 6) is 0. The third kappa shape index (κ3) is 2.13. The molecule has 0 aliphatic carbocycles. The Balaban J connectivity index is 2.10. The van der Waals surface area contributed by atoms with Crippen molar-refractivity contribution in [2.45, 2.75) is 6.54 Å². The van der Waals surface area contributed by atoms with Gasteiger partial charge in [0, 0.05) is 28.1 Å². The monoisotopic (exact) mass is 349 g/mol. The minimum absolute atomic E-state index is 0.549. The first kappa shape index (κ1) is 11.7. The summed E-state index contributed by atoms with van der Waals surface area (Å²) >= 11 is 2.30. The Labute approximate surface area is 119 Å². The number of hydrogen-bond donors (Lipinski definition) is 1. The fourth-order valence-corrected chi connectivity index (χ4v) is 2.28. The number of hydrogen-bond acceptors (Lipinski definition) is 2. The van der Waals surface area contributed by atoms with E-state index in [1.807, 2.05) is 28.9 Å². The van der Waals surface area contributed by atoms with E-state index in [1.165, 1.54) is 3.57 Å². The first-order valence-electron chi connectivity index (χ1n) is 5.70. The van der Waals surface area contributed by atoms with E-state index in [0.29, 0.717) is 6.54 Å². The van der Waals surface area contributed by atoms with Crippen LogP contribution in [0.4, 0.5) is 0 Å². The number of nitrogens with zero attached hydrogens (tertiary/aromatic N) is 2. The predicted molar refractivity (Wildman–Crippen MR) is 81.2 cm³/mol. The molecule has 4 heteroatoms. The second kappa shape index (κ2) is 4.70. The molecule has 0 saturated carbocycles. The molecule has 0 unspecified atom stereocenters. The van der Waals surface area contributed by atoms with Gasteiger partial charge in [-0.1, -0.05) is 18.2 Å². The first-order valence-corrected chi connectivity index (χ1v) is 6.78. The fraction of sp³-hybridized carbons (Fsp3) is 0.0714. The Morgan fingerprint density at radius 2 is 1.83 bits per heavy atom.